The van der Waals surface area contributed by atoms with E-state index in [0.29, 0.717) is 5.69 Å². The summed E-state index contributed by atoms with van der Waals surface area (Å²) in [6, 6.07) is 7.96. The number of aromatic nitrogens is 2. The molecule has 1 aromatic carbocycles. The van der Waals surface area contributed by atoms with Crippen molar-refractivity contribution in [3.8, 4) is 0 Å². The molecule has 0 atom stereocenters. The van der Waals surface area contributed by atoms with Gasteiger partial charge in [0.15, 0.2) is 0 Å². The van der Waals surface area contributed by atoms with Crippen molar-refractivity contribution >= 4 is 45.4 Å². The van der Waals surface area contributed by atoms with Gasteiger partial charge < -0.3 is 14.0 Å². The van der Waals surface area contributed by atoms with Crippen LogP contribution >= 0.6 is 11.9 Å². The van der Waals surface area contributed by atoms with Gasteiger partial charge in [-0.25, -0.2) is 9.78 Å². The molecule has 0 unspecified atom stereocenters. The van der Waals surface area contributed by atoms with Crippen LogP contribution < -0.4 is 4.31 Å². The molecular formula is C15H15N3O2S. The number of aromatic amines is 1. The minimum absolute atomic E-state index is 0.314. The number of hydrogen-bond donors (Lipinski definition) is 1. The number of carbonyl (C=O) groups is 1. The summed E-state index contributed by atoms with van der Waals surface area (Å²) in [5.41, 5.74) is 3.34. The third-order valence-corrected chi connectivity index (χ3v) is 4.26. The van der Waals surface area contributed by atoms with Crippen LogP contribution in [0, 0.1) is 0 Å². The first kappa shape index (κ1) is 13.8. The van der Waals surface area contributed by atoms with E-state index in [1.807, 2.05) is 19.4 Å². The van der Waals surface area contributed by atoms with E-state index in [2.05, 4.69) is 26.4 Å². The van der Waals surface area contributed by atoms with E-state index >= 15 is 0 Å². The zero-order valence-corrected chi connectivity index (χ0v) is 12.8. The Balaban J connectivity index is 2.23. The Hall–Kier alpha value is -2.21. The summed E-state index contributed by atoms with van der Waals surface area (Å²) in [6.45, 7) is 0. The minimum atomic E-state index is -0.427. The molecule has 108 valence electrons. The van der Waals surface area contributed by atoms with Gasteiger partial charge in [0, 0.05) is 35.3 Å². The minimum Gasteiger partial charge on any atom is -0.464 e. The second-order valence-corrected chi connectivity index (χ2v) is 5.55. The largest absolute Gasteiger partial charge is 0.464 e. The molecule has 0 bridgehead atoms. The van der Waals surface area contributed by atoms with E-state index in [-0.39, 0.29) is 0 Å². The predicted molar refractivity (Wildman–Crippen MR) is 86.9 cm³/mol. The Bertz CT molecular complexity index is 828. The molecule has 2 aromatic heterocycles. The highest BCUT2D eigenvalue weighted by Crippen LogP contribution is 2.30. The van der Waals surface area contributed by atoms with Gasteiger partial charge in [0.05, 0.1) is 18.8 Å². The third-order valence-electron chi connectivity index (χ3n) is 3.50. The Kier molecular flexibility index (Phi) is 3.47. The van der Waals surface area contributed by atoms with Crippen LogP contribution in [0.3, 0.4) is 0 Å². The van der Waals surface area contributed by atoms with Crippen LogP contribution in [0.1, 0.15) is 10.5 Å². The van der Waals surface area contributed by atoms with Crippen molar-refractivity contribution in [2.24, 2.45) is 0 Å². The number of esters is 1. The van der Waals surface area contributed by atoms with E-state index < -0.39 is 5.97 Å². The predicted octanol–water partition coefficient (Wildman–Crippen LogP) is 3.22. The summed E-state index contributed by atoms with van der Waals surface area (Å²) in [5, 5.41) is 2.03. The number of nitrogens with one attached hydrogen (secondary N) is 1. The molecule has 0 aliphatic rings. The first-order valence-corrected chi connectivity index (χ1v) is 7.60. The summed E-state index contributed by atoms with van der Waals surface area (Å²) < 4.78 is 6.81. The average Bonchev–Trinajstić information content (AvgIpc) is 2.90. The summed E-state index contributed by atoms with van der Waals surface area (Å²) in [6.07, 6.45) is 3.69. The summed E-state index contributed by atoms with van der Waals surface area (Å²) in [4.78, 5) is 19.1. The van der Waals surface area contributed by atoms with Crippen molar-refractivity contribution < 1.29 is 9.53 Å². The topological polar surface area (TPSA) is 58.2 Å². The van der Waals surface area contributed by atoms with Crippen LogP contribution in [0.25, 0.3) is 21.8 Å². The summed E-state index contributed by atoms with van der Waals surface area (Å²) in [7, 11) is 3.37. The van der Waals surface area contributed by atoms with E-state index in [0.717, 1.165) is 27.5 Å². The lowest BCUT2D eigenvalue weighted by molar-refractivity contribution is 0.0594. The van der Waals surface area contributed by atoms with Crippen LogP contribution in [0.5, 0.6) is 0 Å². The molecule has 0 saturated carbocycles. The normalized spacial score (nSPS) is 11.0. The molecule has 0 saturated heterocycles. The van der Waals surface area contributed by atoms with E-state index in [1.165, 1.54) is 7.11 Å². The lowest BCUT2D eigenvalue weighted by Gasteiger charge is -2.14. The average molecular weight is 301 g/mol. The van der Waals surface area contributed by atoms with Crippen molar-refractivity contribution in [3.63, 3.8) is 0 Å². The summed E-state index contributed by atoms with van der Waals surface area (Å²) in [5.74, 6) is -0.427. The Morgan fingerprint density at radius 1 is 1.29 bits per heavy atom. The second kappa shape index (κ2) is 5.29. The molecule has 5 nitrogen and oxygen atoms in total. The number of methoxy groups -OCH3 is 1. The molecule has 0 amide bonds. The highest BCUT2D eigenvalue weighted by atomic mass is 32.2. The second-order valence-electron chi connectivity index (χ2n) is 4.64. The number of H-pyrrole nitrogens is 1. The molecule has 6 heteroatoms. The molecule has 3 aromatic rings. The smallest absolute Gasteiger partial charge is 0.356 e. The SMILES string of the molecule is COC(=O)c1cc2c(cn1)[nH]c1ccc(N(C)SC)cc12. The Labute approximate surface area is 126 Å². The van der Waals surface area contributed by atoms with Crippen LogP contribution in [-0.2, 0) is 4.74 Å². The highest BCUT2D eigenvalue weighted by molar-refractivity contribution is 7.99. The van der Waals surface area contributed by atoms with Crippen LogP contribution in [0.2, 0.25) is 0 Å². The number of nitrogens with zero attached hydrogens (tertiary/aromatic N) is 2. The van der Waals surface area contributed by atoms with Crippen molar-refractivity contribution in [1.82, 2.24) is 9.97 Å². The lowest BCUT2D eigenvalue weighted by atomic mass is 10.1. The Morgan fingerprint density at radius 3 is 2.76 bits per heavy atom. The number of pyridine rings is 1. The molecule has 0 radical (unpaired) electrons. The standard InChI is InChI=1S/C15H15N3O2S/c1-18(21-3)9-4-5-12-10(6-9)11-7-13(15(19)20-2)16-8-14(11)17-12/h4-8,17H,1-3H3. The molecule has 1 N–H and O–H groups in total. The molecule has 0 aliphatic heterocycles. The number of fused-ring (bicyclic) bond motifs is 3. The van der Waals surface area contributed by atoms with Gasteiger partial charge in [-0.1, -0.05) is 11.9 Å². The molecule has 3 rings (SSSR count). The van der Waals surface area contributed by atoms with Gasteiger partial charge in [0.25, 0.3) is 0 Å². The molecule has 0 fully saturated rings. The first-order chi connectivity index (χ1) is 10.1. The van der Waals surface area contributed by atoms with Gasteiger partial charge in [0.1, 0.15) is 5.69 Å². The third kappa shape index (κ3) is 2.31. The van der Waals surface area contributed by atoms with Gasteiger partial charge in [-0.2, -0.15) is 0 Å². The Morgan fingerprint density at radius 2 is 2.05 bits per heavy atom. The van der Waals surface area contributed by atoms with Gasteiger partial charge >= 0.3 is 5.97 Å². The van der Waals surface area contributed by atoms with Crippen LogP contribution in [-0.4, -0.2) is 36.4 Å². The van der Waals surface area contributed by atoms with Gasteiger partial charge in [-0.15, -0.1) is 0 Å². The fourth-order valence-electron chi connectivity index (χ4n) is 2.30. The van der Waals surface area contributed by atoms with E-state index in [1.54, 1.807) is 24.2 Å². The number of carbonyl (C=O) groups excluding carboxylic acids is 1. The van der Waals surface area contributed by atoms with Gasteiger partial charge in [0.2, 0.25) is 0 Å². The van der Waals surface area contributed by atoms with Gasteiger partial charge in [-0.3, -0.25) is 0 Å². The van der Waals surface area contributed by atoms with Gasteiger partial charge in [-0.05, 0) is 24.3 Å². The molecule has 0 spiro atoms. The van der Waals surface area contributed by atoms with Crippen LogP contribution in [0.15, 0.2) is 30.5 Å². The maximum Gasteiger partial charge on any atom is 0.356 e. The summed E-state index contributed by atoms with van der Waals surface area (Å²) >= 11 is 1.64. The highest BCUT2D eigenvalue weighted by Gasteiger charge is 2.12. The molecule has 21 heavy (non-hydrogen) atoms. The fraction of sp³-hybridized carbons (Fsp3) is 0.200. The number of rotatable bonds is 3. The van der Waals surface area contributed by atoms with Crippen LogP contribution in [0.4, 0.5) is 5.69 Å². The maximum atomic E-state index is 11.6. The first-order valence-electron chi connectivity index (χ1n) is 6.41. The quantitative estimate of drug-likeness (QED) is 0.594. The number of hydrogen-bond acceptors (Lipinski definition) is 5. The molecular weight excluding hydrogens is 286 g/mol. The van der Waals surface area contributed by atoms with Crippen molar-refractivity contribution in [3.05, 3.63) is 36.2 Å². The zero-order chi connectivity index (χ0) is 15.0. The lowest BCUT2D eigenvalue weighted by Crippen LogP contribution is -2.04. The molecule has 0 aliphatic carbocycles. The number of benzene rings is 1. The number of anilines is 1. The van der Waals surface area contributed by atoms with Crippen molar-refractivity contribution in [2.75, 3.05) is 24.7 Å². The van der Waals surface area contributed by atoms with E-state index in [9.17, 15) is 4.79 Å². The maximum absolute atomic E-state index is 11.6. The zero-order valence-electron chi connectivity index (χ0n) is 12.0. The van der Waals surface area contributed by atoms with Crippen molar-refractivity contribution in [1.29, 1.82) is 0 Å². The molecule has 2 heterocycles. The number of ether oxygens (including phenoxy) is 1. The van der Waals surface area contributed by atoms with Crippen molar-refractivity contribution in [2.45, 2.75) is 0 Å². The van der Waals surface area contributed by atoms with E-state index in [4.69, 9.17) is 4.74 Å². The monoisotopic (exact) mass is 301 g/mol. The fourth-order valence-corrected chi connectivity index (χ4v) is 2.63.